The van der Waals surface area contributed by atoms with Gasteiger partial charge in [-0.1, -0.05) is 40.0 Å². The van der Waals surface area contributed by atoms with Crippen molar-refractivity contribution < 1.29 is 0 Å². The second-order valence-corrected chi connectivity index (χ2v) is 5.75. The molecule has 0 radical (unpaired) electrons. The molecule has 0 N–H and O–H groups in total. The van der Waals surface area contributed by atoms with Crippen molar-refractivity contribution in [1.82, 2.24) is 0 Å². The molecule has 0 nitrogen and oxygen atoms in total. The molecule has 82 valence electrons. The molecular formula is C14H26. The van der Waals surface area contributed by atoms with Crippen molar-refractivity contribution in [1.29, 1.82) is 0 Å². The van der Waals surface area contributed by atoms with Crippen LogP contribution in [0.15, 0.2) is 0 Å². The highest BCUT2D eigenvalue weighted by atomic mass is 14.5. The summed E-state index contributed by atoms with van der Waals surface area (Å²) < 4.78 is 0. The third kappa shape index (κ3) is 1.61. The largest absolute Gasteiger partial charge is 0.0654 e. The Bertz CT molecular complexity index is 182. The van der Waals surface area contributed by atoms with Crippen molar-refractivity contribution in [2.45, 2.75) is 59.3 Å². The summed E-state index contributed by atoms with van der Waals surface area (Å²) in [7, 11) is 0. The lowest BCUT2D eigenvalue weighted by Gasteiger charge is -2.26. The van der Waals surface area contributed by atoms with E-state index in [1.54, 1.807) is 19.3 Å². The van der Waals surface area contributed by atoms with Gasteiger partial charge in [-0.25, -0.2) is 0 Å². The average molecular weight is 194 g/mol. The van der Waals surface area contributed by atoms with E-state index < -0.39 is 0 Å². The van der Waals surface area contributed by atoms with Gasteiger partial charge in [0.15, 0.2) is 0 Å². The Morgan fingerprint density at radius 2 is 1.93 bits per heavy atom. The molecule has 5 atom stereocenters. The summed E-state index contributed by atoms with van der Waals surface area (Å²) in [5.41, 5.74) is 0. The fraction of sp³-hybridized carbons (Fsp3) is 1.00. The summed E-state index contributed by atoms with van der Waals surface area (Å²) in [6, 6.07) is 0. The molecule has 0 bridgehead atoms. The lowest BCUT2D eigenvalue weighted by molar-refractivity contribution is 0.226. The first-order valence-electron chi connectivity index (χ1n) is 6.77. The number of fused-ring (bicyclic) bond motifs is 1. The van der Waals surface area contributed by atoms with Crippen molar-refractivity contribution in [3.05, 3.63) is 0 Å². The standard InChI is InChI=1S/C14H26/c1-4-6-11-7-8-12-9-10(3)13(5-2)14(11)12/h10-14H,4-9H2,1-3H3. The zero-order chi connectivity index (χ0) is 10.1. The van der Waals surface area contributed by atoms with E-state index in [1.165, 1.54) is 19.3 Å². The summed E-state index contributed by atoms with van der Waals surface area (Å²) in [5, 5.41) is 0. The molecule has 0 heterocycles. The molecule has 14 heavy (non-hydrogen) atoms. The van der Waals surface area contributed by atoms with Crippen molar-refractivity contribution in [2.75, 3.05) is 0 Å². The second-order valence-electron chi connectivity index (χ2n) is 5.75. The summed E-state index contributed by atoms with van der Waals surface area (Å²) in [6.07, 6.45) is 8.98. The first-order chi connectivity index (χ1) is 6.77. The van der Waals surface area contributed by atoms with Gasteiger partial charge in [0.25, 0.3) is 0 Å². The normalized spacial score (nSPS) is 46.9. The SMILES string of the molecule is CCCC1CCC2CC(C)C(CC)C12. The van der Waals surface area contributed by atoms with Crippen LogP contribution in [0.5, 0.6) is 0 Å². The summed E-state index contributed by atoms with van der Waals surface area (Å²) >= 11 is 0. The predicted molar refractivity (Wildman–Crippen MR) is 62.2 cm³/mol. The zero-order valence-corrected chi connectivity index (χ0v) is 10.1. The van der Waals surface area contributed by atoms with E-state index in [0.717, 1.165) is 29.6 Å². The van der Waals surface area contributed by atoms with Gasteiger partial charge in [-0.15, -0.1) is 0 Å². The van der Waals surface area contributed by atoms with E-state index in [0.29, 0.717) is 0 Å². The smallest absolute Gasteiger partial charge is 0.0326 e. The first-order valence-corrected chi connectivity index (χ1v) is 6.77. The Morgan fingerprint density at radius 1 is 1.14 bits per heavy atom. The van der Waals surface area contributed by atoms with Gasteiger partial charge in [0.05, 0.1) is 0 Å². The Hall–Kier alpha value is 0. The molecule has 0 spiro atoms. The molecule has 5 unspecified atom stereocenters. The van der Waals surface area contributed by atoms with Crippen LogP contribution in [-0.2, 0) is 0 Å². The van der Waals surface area contributed by atoms with Crippen molar-refractivity contribution in [3.63, 3.8) is 0 Å². The summed E-state index contributed by atoms with van der Waals surface area (Å²) in [6.45, 7) is 7.26. The number of rotatable bonds is 3. The quantitative estimate of drug-likeness (QED) is 0.621. The fourth-order valence-corrected chi connectivity index (χ4v) is 4.59. The molecule has 0 heteroatoms. The molecule has 2 aliphatic carbocycles. The average Bonchev–Trinajstić information content (AvgIpc) is 2.66. The highest BCUT2D eigenvalue weighted by Crippen LogP contribution is 2.55. The highest BCUT2D eigenvalue weighted by molar-refractivity contribution is 4.96. The van der Waals surface area contributed by atoms with E-state index in [1.807, 2.05) is 0 Å². The van der Waals surface area contributed by atoms with E-state index in [4.69, 9.17) is 0 Å². The van der Waals surface area contributed by atoms with Crippen molar-refractivity contribution >= 4 is 0 Å². The van der Waals surface area contributed by atoms with Crippen LogP contribution in [0.25, 0.3) is 0 Å². The summed E-state index contributed by atoms with van der Waals surface area (Å²) in [5.74, 6) is 5.43. The van der Waals surface area contributed by atoms with Gasteiger partial charge in [0.2, 0.25) is 0 Å². The van der Waals surface area contributed by atoms with Crippen LogP contribution >= 0.6 is 0 Å². The van der Waals surface area contributed by atoms with Crippen molar-refractivity contribution in [3.8, 4) is 0 Å². The van der Waals surface area contributed by atoms with Crippen LogP contribution in [0, 0.1) is 29.6 Å². The van der Waals surface area contributed by atoms with Crippen molar-refractivity contribution in [2.24, 2.45) is 29.6 Å². The summed E-state index contributed by atoms with van der Waals surface area (Å²) in [4.78, 5) is 0. The van der Waals surface area contributed by atoms with Crippen LogP contribution in [0.4, 0.5) is 0 Å². The van der Waals surface area contributed by atoms with Gasteiger partial charge >= 0.3 is 0 Å². The van der Waals surface area contributed by atoms with E-state index in [2.05, 4.69) is 20.8 Å². The lowest BCUT2D eigenvalue weighted by Crippen LogP contribution is -2.19. The van der Waals surface area contributed by atoms with Crippen LogP contribution < -0.4 is 0 Å². The van der Waals surface area contributed by atoms with Gasteiger partial charge in [-0.05, 0) is 48.9 Å². The Kier molecular flexibility index (Phi) is 3.19. The predicted octanol–water partition coefficient (Wildman–Crippen LogP) is 4.49. The molecule has 2 fully saturated rings. The maximum atomic E-state index is 2.50. The van der Waals surface area contributed by atoms with Crippen LogP contribution in [0.2, 0.25) is 0 Å². The topological polar surface area (TPSA) is 0 Å². The second kappa shape index (κ2) is 4.24. The van der Waals surface area contributed by atoms with Gasteiger partial charge in [0.1, 0.15) is 0 Å². The maximum Gasteiger partial charge on any atom is -0.0326 e. The monoisotopic (exact) mass is 194 g/mol. The minimum atomic E-state index is 1.02. The van der Waals surface area contributed by atoms with Crippen LogP contribution in [-0.4, -0.2) is 0 Å². The molecule has 2 rings (SSSR count). The molecular weight excluding hydrogens is 168 g/mol. The van der Waals surface area contributed by atoms with E-state index >= 15 is 0 Å². The third-order valence-corrected chi connectivity index (χ3v) is 5.03. The molecule has 2 saturated carbocycles. The molecule has 0 aliphatic heterocycles. The lowest BCUT2D eigenvalue weighted by atomic mass is 9.79. The Morgan fingerprint density at radius 3 is 2.57 bits per heavy atom. The molecule has 0 amide bonds. The number of hydrogen-bond donors (Lipinski definition) is 0. The number of hydrogen-bond acceptors (Lipinski definition) is 0. The molecule has 0 aromatic carbocycles. The molecule has 0 aromatic rings. The van der Waals surface area contributed by atoms with Crippen LogP contribution in [0.1, 0.15) is 59.3 Å². The fourth-order valence-electron chi connectivity index (χ4n) is 4.59. The molecule has 0 saturated heterocycles. The van der Waals surface area contributed by atoms with Crippen LogP contribution in [0.3, 0.4) is 0 Å². The molecule has 2 aliphatic rings. The van der Waals surface area contributed by atoms with E-state index in [9.17, 15) is 0 Å². The van der Waals surface area contributed by atoms with Gasteiger partial charge in [-0.2, -0.15) is 0 Å². The zero-order valence-electron chi connectivity index (χ0n) is 10.1. The third-order valence-electron chi connectivity index (χ3n) is 5.03. The maximum absolute atomic E-state index is 2.50. The van der Waals surface area contributed by atoms with Gasteiger partial charge < -0.3 is 0 Å². The van der Waals surface area contributed by atoms with Gasteiger partial charge in [-0.3, -0.25) is 0 Å². The Balaban J connectivity index is 2.05. The Labute approximate surface area is 89.5 Å². The molecule has 0 aromatic heterocycles. The highest BCUT2D eigenvalue weighted by Gasteiger charge is 2.46. The minimum Gasteiger partial charge on any atom is -0.0654 e. The minimum absolute atomic E-state index is 1.02. The van der Waals surface area contributed by atoms with Gasteiger partial charge in [0, 0.05) is 0 Å². The first kappa shape index (κ1) is 10.5. The van der Waals surface area contributed by atoms with E-state index in [-0.39, 0.29) is 0 Å².